The van der Waals surface area contributed by atoms with Crippen LogP contribution in [0.2, 0.25) is 0 Å². The molecule has 0 unspecified atom stereocenters. The summed E-state index contributed by atoms with van der Waals surface area (Å²) in [5.41, 5.74) is 0.407. The number of piperidine rings is 1. The summed E-state index contributed by atoms with van der Waals surface area (Å²) in [7, 11) is 2.15. The Morgan fingerprint density at radius 2 is 1.67 bits per heavy atom. The number of nitrogens with zero attached hydrogens (tertiary/aromatic N) is 3. The zero-order chi connectivity index (χ0) is 13.8. The maximum atomic E-state index is 4.59. The summed E-state index contributed by atoms with van der Waals surface area (Å²) < 4.78 is 0. The monoisotopic (exact) mass is 406 g/mol. The highest BCUT2D eigenvalue weighted by Crippen LogP contribution is 2.35. The van der Waals surface area contributed by atoms with Crippen LogP contribution in [0.15, 0.2) is 4.99 Å². The molecular formula is C16H31IN4. The summed E-state index contributed by atoms with van der Waals surface area (Å²) in [5.74, 6) is 1.12. The molecule has 0 atom stereocenters. The van der Waals surface area contributed by atoms with E-state index in [0.29, 0.717) is 5.54 Å². The second-order valence-corrected chi connectivity index (χ2v) is 6.81. The van der Waals surface area contributed by atoms with Gasteiger partial charge >= 0.3 is 0 Å². The largest absolute Gasteiger partial charge is 0.354 e. The fraction of sp³-hybridized carbons (Fsp3) is 0.938. The first-order chi connectivity index (χ1) is 9.80. The van der Waals surface area contributed by atoms with Crippen LogP contribution in [-0.2, 0) is 0 Å². The SMILES string of the molecule is CN1CCN=C1NCC1(N2CCCCC2)CCCCC1.I. The Morgan fingerprint density at radius 3 is 2.29 bits per heavy atom. The van der Waals surface area contributed by atoms with Gasteiger partial charge in [0.25, 0.3) is 0 Å². The van der Waals surface area contributed by atoms with Crippen LogP contribution in [0.1, 0.15) is 51.4 Å². The summed E-state index contributed by atoms with van der Waals surface area (Å²) in [6.45, 7) is 5.73. The molecule has 3 aliphatic rings. The summed E-state index contributed by atoms with van der Waals surface area (Å²) in [5, 5.41) is 3.67. The van der Waals surface area contributed by atoms with Crippen LogP contribution >= 0.6 is 24.0 Å². The lowest BCUT2D eigenvalue weighted by atomic mass is 9.79. The Hall–Kier alpha value is -0.0400. The molecule has 1 saturated carbocycles. The molecule has 5 heteroatoms. The van der Waals surface area contributed by atoms with E-state index in [2.05, 4.69) is 27.2 Å². The second kappa shape index (κ2) is 7.99. The first-order valence-corrected chi connectivity index (χ1v) is 8.55. The fourth-order valence-electron chi connectivity index (χ4n) is 4.15. The number of likely N-dealkylation sites (N-methyl/N-ethyl adjacent to an activating group) is 1. The Labute approximate surface area is 146 Å². The number of hydrogen-bond donors (Lipinski definition) is 1. The van der Waals surface area contributed by atoms with Crippen molar-refractivity contribution in [2.24, 2.45) is 4.99 Å². The van der Waals surface area contributed by atoms with E-state index >= 15 is 0 Å². The molecule has 0 aromatic heterocycles. The topological polar surface area (TPSA) is 30.9 Å². The molecule has 1 aliphatic carbocycles. The molecule has 1 N–H and O–H groups in total. The minimum absolute atomic E-state index is 0. The van der Waals surface area contributed by atoms with Gasteiger partial charge in [-0.1, -0.05) is 25.7 Å². The highest BCUT2D eigenvalue weighted by molar-refractivity contribution is 14.0. The molecule has 0 bridgehead atoms. The first-order valence-electron chi connectivity index (χ1n) is 8.55. The van der Waals surface area contributed by atoms with E-state index in [1.54, 1.807) is 0 Å². The standard InChI is InChI=1S/C16H30N4.HI/c1-19-13-10-17-15(19)18-14-16(8-4-2-5-9-16)20-11-6-3-7-12-20;/h2-14H2,1H3,(H,17,18);1H. The van der Waals surface area contributed by atoms with Crippen molar-refractivity contribution in [3.63, 3.8) is 0 Å². The third kappa shape index (κ3) is 4.03. The predicted molar refractivity (Wildman–Crippen MR) is 99.6 cm³/mol. The number of likely N-dealkylation sites (tertiary alicyclic amines) is 1. The molecular weight excluding hydrogens is 375 g/mol. The van der Waals surface area contributed by atoms with Crippen LogP contribution in [0.3, 0.4) is 0 Å². The first kappa shape index (κ1) is 17.3. The minimum atomic E-state index is 0. The Balaban J connectivity index is 0.00000161. The number of hydrogen-bond acceptors (Lipinski definition) is 4. The quantitative estimate of drug-likeness (QED) is 0.732. The maximum absolute atomic E-state index is 4.59. The van der Waals surface area contributed by atoms with Crippen LogP contribution in [-0.4, -0.2) is 61.1 Å². The molecule has 3 rings (SSSR count). The van der Waals surface area contributed by atoms with Gasteiger partial charge in [-0.2, -0.15) is 0 Å². The normalized spacial score (nSPS) is 26.1. The van der Waals surface area contributed by atoms with Crippen molar-refractivity contribution >= 4 is 29.9 Å². The molecule has 2 aliphatic heterocycles. The number of guanidine groups is 1. The van der Waals surface area contributed by atoms with Gasteiger partial charge in [0.15, 0.2) is 5.96 Å². The van der Waals surface area contributed by atoms with Crippen molar-refractivity contribution in [2.45, 2.75) is 56.9 Å². The van der Waals surface area contributed by atoms with Gasteiger partial charge in [0, 0.05) is 25.7 Å². The lowest BCUT2D eigenvalue weighted by Crippen LogP contribution is -2.58. The average molecular weight is 406 g/mol. The second-order valence-electron chi connectivity index (χ2n) is 6.81. The van der Waals surface area contributed by atoms with Crippen LogP contribution < -0.4 is 5.32 Å². The van der Waals surface area contributed by atoms with E-state index in [1.807, 2.05) is 0 Å². The van der Waals surface area contributed by atoms with Crippen LogP contribution in [0.25, 0.3) is 0 Å². The minimum Gasteiger partial charge on any atom is -0.354 e. The Morgan fingerprint density at radius 1 is 1.00 bits per heavy atom. The molecule has 21 heavy (non-hydrogen) atoms. The highest BCUT2D eigenvalue weighted by Gasteiger charge is 2.38. The van der Waals surface area contributed by atoms with Crippen molar-refractivity contribution in [3.8, 4) is 0 Å². The van der Waals surface area contributed by atoms with Crippen molar-refractivity contribution in [2.75, 3.05) is 39.8 Å². The lowest BCUT2D eigenvalue weighted by Gasteiger charge is -2.48. The number of halogens is 1. The molecule has 0 spiro atoms. The molecule has 4 nitrogen and oxygen atoms in total. The van der Waals surface area contributed by atoms with Crippen LogP contribution in [0.4, 0.5) is 0 Å². The molecule has 122 valence electrons. The van der Waals surface area contributed by atoms with Gasteiger partial charge in [-0.25, -0.2) is 0 Å². The third-order valence-corrected chi connectivity index (χ3v) is 5.45. The van der Waals surface area contributed by atoms with Gasteiger partial charge < -0.3 is 10.2 Å². The molecule has 1 saturated heterocycles. The van der Waals surface area contributed by atoms with Crippen molar-refractivity contribution in [1.29, 1.82) is 0 Å². The third-order valence-electron chi connectivity index (χ3n) is 5.45. The summed E-state index contributed by atoms with van der Waals surface area (Å²) in [4.78, 5) is 9.65. The number of rotatable bonds is 3. The van der Waals surface area contributed by atoms with Crippen LogP contribution in [0.5, 0.6) is 0 Å². The number of nitrogens with one attached hydrogen (secondary N) is 1. The zero-order valence-corrected chi connectivity index (χ0v) is 15.8. The van der Waals surface area contributed by atoms with Crippen molar-refractivity contribution < 1.29 is 0 Å². The van der Waals surface area contributed by atoms with E-state index in [0.717, 1.165) is 25.6 Å². The van der Waals surface area contributed by atoms with Gasteiger partial charge in [-0.05, 0) is 38.8 Å². The number of aliphatic imine (C=N–C) groups is 1. The van der Waals surface area contributed by atoms with Gasteiger partial charge in [-0.15, -0.1) is 24.0 Å². The lowest BCUT2D eigenvalue weighted by molar-refractivity contribution is 0.0365. The average Bonchev–Trinajstić information content (AvgIpc) is 2.92. The van der Waals surface area contributed by atoms with E-state index in [9.17, 15) is 0 Å². The van der Waals surface area contributed by atoms with E-state index in [-0.39, 0.29) is 24.0 Å². The van der Waals surface area contributed by atoms with E-state index in [1.165, 1.54) is 64.5 Å². The van der Waals surface area contributed by atoms with Gasteiger partial charge in [0.05, 0.1) is 6.54 Å². The van der Waals surface area contributed by atoms with E-state index in [4.69, 9.17) is 0 Å². The van der Waals surface area contributed by atoms with Crippen LogP contribution in [0, 0.1) is 0 Å². The van der Waals surface area contributed by atoms with E-state index < -0.39 is 0 Å². The molecule has 0 aromatic carbocycles. The van der Waals surface area contributed by atoms with Crippen molar-refractivity contribution in [3.05, 3.63) is 0 Å². The summed E-state index contributed by atoms with van der Waals surface area (Å²) in [6.07, 6.45) is 11.2. The molecule has 0 amide bonds. The smallest absolute Gasteiger partial charge is 0.193 e. The molecule has 2 fully saturated rings. The summed E-state index contributed by atoms with van der Waals surface area (Å²) in [6, 6.07) is 0. The Kier molecular flexibility index (Phi) is 6.59. The molecule has 2 heterocycles. The van der Waals surface area contributed by atoms with Gasteiger partial charge in [-0.3, -0.25) is 9.89 Å². The zero-order valence-electron chi connectivity index (χ0n) is 13.4. The fourth-order valence-corrected chi connectivity index (χ4v) is 4.15. The van der Waals surface area contributed by atoms with Crippen molar-refractivity contribution in [1.82, 2.24) is 15.1 Å². The van der Waals surface area contributed by atoms with Gasteiger partial charge in [0.1, 0.15) is 0 Å². The predicted octanol–water partition coefficient (Wildman–Crippen LogP) is 2.68. The highest BCUT2D eigenvalue weighted by atomic mass is 127. The Bertz CT molecular complexity index is 346. The van der Waals surface area contributed by atoms with Gasteiger partial charge in [0.2, 0.25) is 0 Å². The maximum Gasteiger partial charge on any atom is 0.193 e. The summed E-state index contributed by atoms with van der Waals surface area (Å²) >= 11 is 0. The molecule has 0 aromatic rings. The molecule has 0 radical (unpaired) electrons.